The lowest BCUT2D eigenvalue weighted by Crippen LogP contribution is -2.33. The minimum atomic E-state index is -0.550. The molecule has 0 aliphatic carbocycles. The summed E-state index contributed by atoms with van der Waals surface area (Å²) in [6, 6.07) is 3.88. The predicted molar refractivity (Wildman–Crippen MR) is 82.0 cm³/mol. The molecule has 2 rings (SSSR count). The SMILES string of the molecule is CCOc1ccc(NC(=O)N(C)CCc2noc(C)n2)c(F)c1. The molecule has 0 aliphatic rings. The fourth-order valence-electron chi connectivity index (χ4n) is 1.88. The minimum absolute atomic E-state index is 0.0979. The molecule has 0 saturated heterocycles. The van der Waals surface area contributed by atoms with Gasteiger partial charge in [0, 0.05) is 33.0 Å². The Labute approximate surface area is 133 Å². The van der Waals surface area contributed by atoms with Crippen molar-refractivity contribution in [2.24, 2.45) is 0 Å². The zero-order valence-corrected chi connectivity index (χ0v) is 13.3. The number of aryl methyl sites for hydroxylation is 1. The molecule has 1 aromatic carbocycles. The van der Waals surface area contributed by atoms with E-state index >= 15 is 0 Å². The number of urea groups is 1. The first-order valence-corrected chi connectivity index (χ1v) is 7.23. The van der Waals surface area contributed by atoms with Crippen LogP contribution in [0.3, 0.4) is 0 Å². The summed E-state index contributed by atoms with van der Waals surface area (Å²) >= 11 is 0. The van der Waals surface area contributed by atoms with Crippen LogP contribution < -0.4 is 10.1 Å². The molecule has 1 heterocycles. The van der Waals surface area contributed by atoms with Crippen molar-refractivity contribution in [1.82, 2.24) is 15.0 Å². The topological polar surface area (TPSA) is 80.5 Å². The number of carbonyl (C=O) groups excluding carboxylic acids is 1. The van der Waals surface area contributed by atoms with Gasteiger partial charge in [-0.05, 0) is 19.1 Å². The minimum Gasteiger partial charge on any atom is -0.494 e. The van der Waals surface area contributed by atoms with E-state index in [0.717, 1.165) is 0 Å². The lowest BCUT2D eigenvalue weighted by atomic mass is 10.3. The van der Waals surface area contributed by atoms with Crippen molar-refractivity contribution in [1.29, 1.82) is 0 Å². The van der Waals surface area contributed by atoms with E-state index in [1.165, 1.54) is 17.0 Å². The van der Waals surface area contributed by atoms with Gasteiger partial charge in [-0.1, -0.05) is 5.16 Å². The molecule has 1 aromatic heterocycles. The molecule has 1 N–H and O–H groups in total. The Morgan fingerprint density at radius 1 is 1.48 bits per heavy atom. The largest absolute Gasteiger partial charge is 0.494 e. The molecule has 0 unspecified atom stereocenters. The van der Waals surface area contributed by atoms with E-state index in [-0.39, 0.29) is 5.69 Å². The Morgan fingerprint density at radius 2 is 2.26 bits per heavy atom. The number of ether oxygens (including phenoxy) is 1. The van der Waals surface area contributed by atoms with Crippen LogP contribution in [0.4, 0.5) is 14.9 Å². The average Bonchev–Trinajstić information content (AvgIpc) is 2.93. The third-order valence-corrected chi connectivity index (χ3v) is 3.08. The molecule has 2 aromatic rings. The van der Waals surface area contributed by atoms with E-state index in [4.69, 9.17) is 9.26 Å². The molecule has 0 saturated carbocycles. The molecule has 8 heteroatoms. The molecular formula is C15H19FN4O3. The second kappa shape index (κ2) is 7.57. The average molecular weight is 322 g/mol. The summed E-state index contributed by atoms with van der Waals surface area (Å²) in [4.78, 5) is 17.5. The van der Waals surface area contributed by atoms with Gasteiger partial charge in [0.15, 0.2) is 5.82 Å². The highest BCUT2D eigenvalue weighted by Gasteiger charge is 2.13. The Morgan fingerprint density at radius 3 is 2.87 bits per heavy atom. The summed E-state index contributed by atoms with van der Waals surface area (Å²) in [6.45, 7) is 4.34. The number of nitrogens with zero attached hydrogens (tertiary/aromatic N) is 3. The van der Waals surface area contributed by atoms with Gasteiger partial charge in [0.1, 0.15) is 11.6 Å². The van der Waals surface area contributed by atoms with Gasteiger partial charge >= 0.3 is 6.03 Å². The lowest BCUT2D eigenvalue weighted by Gasteiger charge is -2.17. The summed E-state index contributed by atoms with van der Waals surface area (Å²) in [5.41, 5.74) is 0.0979. The summed E-state index contributed by atoms with van der Waals surface area (Å²) in [5, 5.41) is 6.27. The maximum Gasteiger partial charge on any atom is 0.321 e. The summed E-state index contributed by atoms with van der Waals surface area (Å²) in [5.74, 6) is 0.869. The quantitative estimate of drug-likeness (QED) is 0.884. The van der Waals surface area contributed by atoms with Gasteiger partial charge in [0.05, 0.1) is 12.3 Å². The Balaban J connectivity index is 1.90. The second-order valence-corrected chi connectivity index (χ2v) is 4.91. The number of aromatic nitrogens is 2. The molecule has 0 atom stereocenters. The number of amides is 2. The van der Waals surface area contributed by atoms with Gasteiger partial charge in [-0.25, -0.2) is 9.18 Å². The zero-order valence-electron chi connectivity index (χ0n) is 13.3. The van der Waals surface area contributed by atoms with Crippen LogP contribution in [0.5, 0.6) is 5.75 Å². The first kappa shape index (κ1) is 16.7. The van der Waals surface area contributed by atoms with E-state index in [1.807, 2.05) is 6.92 Å². The predicted octanol–water partition coefficient (Wildman–Crippen LogP) is 2.62. The second-order valence-electron chi connectivity index (χ2n) is 4.91. The molecule has 0 aliphatic heterocycles. The van der Waals surface area contributed by atoms with E-state index in [0.29, 0.717) is 37.0 Å². The van der Waals surface area contributed by atoms with Crippen molar-refractivity contribution in [3.63, 3.8) is 0 Å². The van der Waals surface area contributed by atoms with Gasteiger partial charge in [-0.15, -0.1) is 0 Å². The van der Waals surface area contributed by atoms with Crippen molar-refractivity contribution in [2.75, 3.05) is 25.5 Å². The van der Waals surface area contributed by atoms with Gasteiger partial charge in [0.25, 0.3) is 0 Å². The molecular weight excluding hydrogens is 303 g/mol. The van der Waals surface area contributed by atoms with Crippen LogP contribution in [0.15, 0.2) is 22.7 Å². The van der Waals surface area contributed by atoms with Crippen molar-refractivity contribution in [3.05, 3.63) is 35.7 Å². The van der Waals surface area contributed by atoms with Gasteiger partial charge in [-0.2, -0.15) is 4.98 Å². The standard InChI is InChI=1S/C15H19FN4O3/c1-4-22-11-5-6-13(12(16)9-11)18-15(21)20(3)8-7-14-17-10(2)23-19-14/h5-6,9H,4,7-8H2,1-3H3,(H,18,21). The van der Waals surface area contributed by atoms with Crippen molar-refractivity contribution < 1.29 is 18.4 Å². The van der Waals surface area contributed by atoms with E-state index in [2.05, 4.69) is 15.5 Å². The Bertz CT molecular complexity index is 674. The number of carbonyl (C=O) groups is 1. The molecule has 23 heavy (non-hydrogen) atoms. The maximum absolute atomic E-state index is 13.9. The number of hydrogen-bond donors (Lipinski definition) is 1. The fourth-order valence-corrected chi connectivity index (χ4v) is 1.88. The highest BCUT2D eigenvalue weighted by atomic mass is 19.1. The van der Waals surface area contributed by atoms with E-state index in [9.17, 15) is 9.18 Å². The zero-order chi connectivity index (χ0) is 16.8. The molecule has 0 radical (unpaired) electrons. The number of anilines is 1. The van der Waals surface area contributed by atoms with Crippen molar-refractivity contribution in [2.45, 2.75) is 20.3 Å². The van der Waals surface area contributed by atoms with Gasteiger partial charge < -0.3 is 19.5 Å². The number of halogens is 1. The third-order valence-electron chi connectivity index (χ3n) is 3.08. The maximum atomic E-state index is 13.9. The van der Waals surface area contributed by atoms with Crippen molar-refractivity contribution in [3.8, 4) is 5.75 Å². The summed E-state index contributed by atoms with van der Waals surface area (Å²) in [7, 11) is 1.61. The highest BCUT2D eigenvalue weighted by molar-refractivity contribution is 5.89. The van der Waals surface area contributed by atoms with E-state index < -0.39 is 11.8 Å². The van der Waals surface area contributed by atoms with Crippen LogP contribution in [0.2, 0.25) is 0 Å². The number of hydrogen-bond acceptors (Lipinski definition) is 5. The normalized spacial score (nSPS) is 10.4. The van der Waals surface area contributed by atoms with Gasteiger partial charge in [-0.3, -0.25) is 0 Å². The lowest BCUT2D eigenvalue weighted by molar-refractivity contribution is 0.222. The monoisotopic (exact) mass is 322 g/mol. The molecule has 0 spiro atoms. The number of rotatable bonds is 6. The Hall–Kier alpha value is -2.64. The summed E-state index contributed by atoms with van der Waals surface area (Å²) < 4.78 is 24.0. The van der Waals surface area contributed by atoms with Crippen LogP contribution in [-0.2, 0) is 6.42 Å². The molecule has 0 bridgehead atoms. The molecule has 0 fully saturated rings. The van der Waals surface area contributed by atoms with Crippen LogP contribution in [0, 0.1) is 12.7 Å². The fraction of sp³-hybridized carbons (Fsp3) is 0.400. The molecule has 124 valence electrons. The summed E-state index contributed by atoms with van der Waals surface area (Å²) in [6.07, 6.45) is 0.451. The number of benzene rings is 1. The van der Waals surface area contributed by atoms with Crippen LogP contribution >= 0.6 is 0 Å². The van der Waals surface area contributed by atoms with Crippen LogP contribution in [-0.4, -0.2) is 41.3 Å². The third kappa shape index (κ3) is 4.67. The number of likely N-dealkylation sites (N-methyl/N-ethyl adjacent to an activating group) is 1. The first-order valence-electron chi connectivity index (χ1n) is 7.23. The highest BCUT2D eigenvalue weighted by Crippen LogP contribution is 2.20. The van der Waals surface area contributed by atoms with Crippen molar-refractivity contribution >= 4 is 11.7 Å². The molecule has 2 amide bonds. The van der Waals surface area contributed by atoms with Crippen LogP contribution in [0.1, 0.15) is 18.6 Å². The molecule has 7 nitrogen and oxygen atoms in total. The number of nitrogens with one attached hydrogen (secondary N) is 1. The first-order chi connectivity index (χ1) is 11.0. The van der Waals surface area contributed by atoms with Gasteiger partial charge in [0.2, 0.25) is 5.89 Å². The smallest absolute Gasteiger partial charge is 0.321 e. The van der Waals surface area contributed by atoms with Crippen LogP contribution in [0.25, 0.3) is 0 Å². The Kier molecular flexibility index (Phi) is 5.51. The van der Waals surface area contributed by atoms with E-state index in [1.54, 1.807) is 20.0 Å².